The third kappa shape index (κ3) is 7.21. The van der Waals surface area contributed by atoms with E-state index in [9.17, 15) is 14.4 Å². The van der Waals surface area contributed by atoms with Crippen LogP contribution in [0.5, 0.6) is 0 Å². The molecule has 1 saturated heterocycles. The van der Waals surface area contributed by atoms with Gasteiger partial charge in [0.05, 0.1) is 42.8 Å². The van der Waals surface area contributed by atoms with Crippen LogP contribution >= 0.6 is 0 Å². The van der Waals surface area contributed by atoms with Crippen molar-refractivity contribution in [3.8, 4) is 6.07 Å². The number of esters is 1. The molecule has 1 aliphatic heterocycles. The standard InChI is InChI=1S/C35H35N5O4/c1-44-35(43)30-18-29(22-39(23-30)34(42)32(27-8-4-2-5-9-27)28-10-6-3-7-11-28)33(41)38-17-16-31-20-37-24-40(31)21-26-14-12-25(19-36)13-15-26/h2-15,20,24,29-30,32H,16-18,21-23H2,1H3,(H,38,41). The summed E-state index contributed by atoms with van der Waals surface area (Å²) in [6, 6.07) is 28.6. The van der Waals surface area contributed by atoms with Gasteiger partial charge in [-0.1, -0.05) is 72.8 Å². The Morgan fingerprint density at radius 1 is 0.955 bits per heavy atom. The smallest absolute Gasteiger partial charge is 0.310 e. The highest BCUT2D eigenvalue weighted by Crippen LogP contribution is 2.31. The minimum Gasteiger partial charge on any atom is -0.469 e. The number of piperidine rings is 1. The van der Waals surface area contributed by atoms with E-state index >= 15 is 0 Å². The number of methoxy groups -OCH3 is 1. The Bertz CT molecular complexity index is 1570. The molecule has 0 spiro atoms. The van der Waals surface area contributed by atoms with E-state index in [2.05, 4.69) is 16.4 Å². The van der Waals surface area contributed by atoms with E-state index < -0.39 is 23.7 Å². The Labute approximate surface area is 257 Å². The second-order valence-corrected chi connectivity index (χ2v) is 11.0. The van der Waals surface area contributed by atoms with Gasteiger partial charge in [-0.15, -0.1) is 0 Å². The molecule has 4 aromatic rings. The Balaban J connectivity index is 1.26. The number of imidazole rings is 1. The Hall–Kier alpha value is -5.23. The van der Waals surface area contributed by atoms with Gasteiger partial charge in [0.15, 0.2) is 0 Å². The van der Waals surface area contributed by atoms with Crippen molar-refractivity contribution in [1.82, 2.24) is 19.8 Å². The van der Waals surface area contributed by atoms with Crippen LogP contribution < -0.4 is 5.32 Å². The van der Waals surface area contributed by atoms with Gasteiger partial charge >= 0.3 is 5.97 Å². The lowest BCUT2D eigenvalue weighted by Gasteiger charge is -2.38. The maximum absolute atomic E-state index is 14.1. The Morgan fingerprint density at radius 2 is 1.59 bits per heavy atom. The topological polar surface area (TPSA) is 117 Å². The number of amides is 2. The number of carbonyl (C=O) groups is 3. The maximum atomic E-state index is 14.1. The van der Waals surface area contributed by atoms with Crippen molar-refractivity contribution in [1.29, 1.82) is 5.26 Å². The van der Waals surface area contributed by atoms with Crippen molar-refractivity contribution in [3.05, 3.63) is 125 Å². The van der Waals surface area contributed by atoms with Gasteiger partial charge < -0.3 is 19.5 Å². The van der Waals surface area contributed by atoms with E-state index in [1.54, 1.807) is 29.6 Å². The number of nitriles is 1. The summed E-state index contributed by atoms with van der Waals surface area (Å²) in [6.07, 6.45) is 4.39. The minimum absolute atomic E-state index is 0.152. The second kappa shape index (κ2) is 14.3. The van der Waals surface area contributed by atoms with Crippen LogP contribution in [0.2, 0.25) is 0 Å². The molecule has 0 saturated carbocycles. The molecule has 1 aromatic heterocycles. The normalized spacial score (nSPS) is 16.2. The quantitative estimate of drug-likeness (QED) is 0.280. The van der Waals surface area contributed by atoms with Gasteiger partial charge in [0.25, 0.3) is 0 Å². The van der Waals surface area contributed by atoms with E-state index in [0.29, 0.717) is 31.5 Å². The molecule has 0 radical (unpaired) electrons. The van der Waals surface area contributed by atoms with E-state index in [0.717, 1.165) is 22.4 Å². The largest absolute Gasteiger partial charge is 0.469 e. The summed E-state index contributed by atoms with van der Waals surface area (Å²) in [7, 11) is 1.33. The number of rotatable bonds is 10. The van der Waals surface area contributed by atoms with E-state index in [1.165, 1.54) is 7.11 Å². The lowest BCUT2D eigenvalue weighted by Crippen LogP contribution is -2.51. The van der Waals surface area contributed by atoms with E-state index in [4.69, 9.17) is 10.00 Å². The zero-order valence-electron chi connectivity index (χ0n) is 24.6. The lowest BCUT2D eigenvalue weighted by atomic mass is 9.85. The van der Waals surface area contributed by atoms with Gasteiger partial charge in [-0.3, -0.25) is 14.4 Å². The van der Waals surface area contributed by atoms with Crippen molar-refractivity contribution in [2.75, 3.05) is 26.7 Å². The van der Waals surface area contributed by atoms with Crippen molar-refractivity contribution in [2.24, 2.45) is 11.8 Å². The van der Waals surface area contributed by atoms with E-state index in [-0.39, 0.29) is 24.9 Å². The zero-order valence-corrected chi connectivity index (χ0v) is 24.6. The minimum atomic E-state index is -0.602. The zero-order chi connectivity index (χ0) is 30.9. The molecule has 9 heteroatoms. The fourth-order valence-corrected chi connectivity index (χ4v) is 5.80. The molecule has 2 heterocycles. The van der Waals surface area contributed by atoms with E-state index in [1.807, 2.05) is 77.4 Å². The van der Waals surface area contributed by atoms with Crippen molar-refractivity contribution in [3.63, 3.8) is 0 Å². The molecular weight excluding hydrogens is 554 g/mol. The molecule has 5 rings (SSSR count). The average Bonchev–Trinajstić information content (AvgIpc) is 3.51. The Morgan fingerprint density at radius 3 is 2.20 bits per heavy atom. The summed E-state index contributed by atoms with van der Waals surface area (Å²) in [5, 5.41) is 12.1. The first-order chi connectivity index (χ1) is 21.5. The molecule has 2 unspecified atom stereocenters. The molecule has 44 heavy (non-hydrogen) atoms. The van der Waals surface area contributed by atoms with Crippen LogP contribution in [0, 0.1) is 23.2 Å². The molecule has 1 N–H and O–H groups in total. The molecule has 224 valence electrons. The second-order valence-electron chi connectivity index (χ2n) is 11.0. The van der Waals surface area contributed by atoms with Crippen LogP contribution in [0.25, 0.3) is 0 Å². The highest BCUT2D eigenvalue weighted by molar-refractivity contribution is 5.89. The molecule has 3 aromatic carbocycles. The monoisotopic (exact) mass is 589 g/mol. The van der Waals surface area contributed by atoms with Gasteiger partial charge in [0, 0.05) is 44.5 Å². The first kappa shape index (κ1) is 30.2. The summed E-state index contributed by atoms with van der Waals surface area (Å²) >= 11 is 0. The van der Waals surface area contributed by atoms with Crippen molar-refractivity contribution in [2.45, 2.75) is 25.3 Å². The van der Waals surface area contributed by atoms with Crippen LogP contribution in [-0.4, -0.2) is 59.0 Å². The molecular formula is C35H35N5O4. The molecule has 1 fully saturated rings. The predicted molar refractivity (Wildman–Crippen MR) is 164 cm³/mol. The number of nitrogens with zero attached hydrogens (tertiary/aromatic N) is 4. The van der Waals surface area contributed by atoms with Gasteiger partial charge in [-0.25, -0.2) is 4.98 Å². The van der Waals surface area contributed by atoms with Crippen LogP contribution in [0.3, 0.4) is 0 Å². The third-order valence-electron chi connectivity index (χ3n) is 8.10. The summed E-state index contributed by atoms with van der Waals surface area (Å²) in [5.74, 6) is -2.51. The fraction of sp³-hybridized carbons (Fsp3) is 0.286. The average molecular weight is 590 g/mol. The predicted octanol–water partition coefficient (Wildman–Crippen LogP) is 3.93. The van der Waals surface area contributed by atoms with Crippen LogP contribution in [0.1, 0.15) is 40.3 Å². The summed E-state index contributed by atoms with van der Waals surface area (Å²) in [6.45, 7) is 1.38. The fourth-order valence-electron chi connectivity index (χ4n) is 5.80. The third-order valence-corrected chi connectivity index (χ3v) is 8.10. The van der Waals surface area contributed by atoms with Crippen molar-refractivity contribution < 1.29 is 19.1 Å². The number of carbonyl (C=O) groups excluding carboxylic acids is 3. The summed E-state index contributed by atoms with van der Waals surface area (Å²) in [4.78, 5) is 46.2. The molecule has 2 atom stereocenters. The van der Waals surface area contributed by atoms with Gasteiger partial charge in [0.2, 0.25) is 11.8 Å². The summed E-state index contributed by atoms with van der Waals surface area (Å²) < 4.78 is 7.06. The molecule has 2 amide bonds. The number of nitrogens with one attached hydrogen (secondary N) is 1. The molecule has 0 aliphatic carbocycles. The van der Waals surface area contributed by atoms with Crippen LogP contribution in [0.4, 0.5) is 0 Å². The first-order valence-electron chi connectivity index (χ1n) is 14.7. The number of benzene rings is 3. The van der Waals surface area contributed by atoms with Gasteiger partial charge in [-0.2, -0.15) is 5.26 Å². The maximum Gasteiger partial charge on any atom is 0.310 e. The number of aromatic nitrogens is 2. The number of hydrogen-bond donors (Lipinski definition) is 1. The van der Waals surface area contributed by atoms with Gasteiger partial charge in [-0.05, 0) is 35.2 Å². The molecule has 9 nitrogen and oxygen atoms in total. The first-order valence-corrected chi connectivity index (χ1v) is 14.7. The highest BCUT2D eigenvalue weighted by atomic mass is 16.5. The molecule has 0 bridgehead atoms. The Kier molecular flexibility index (Phi) is 9.82. The number of likely N-dealkylation sites (tertiary alicyclic amines) is 1. The molecule has 1 aliphatic rings. The summed E-state index contributed by atoms with van der Waals surface area (Å²) in [5.41, 5.74) is 4.30. The van der Waals surface area contributed by atoms with Crippen molar-refractivity contribution >= 4 is 17.8 Å². The SMILES string of the molecule is COC(=O)C1CC(C(=O)NCCc2cncn2Cc2ccc(C#N)cc2)CN(C(=O)C(c2ccccc2)c2ccccc2)C1. The lowest BCUT2D eigenvalue weighted by molar-refractivity contribution is -0.151. The number of ether oxygens (including phenoxy) is 1. The van der Waals surface area contributed by atoms with Crippen LogP contribution in [-0.2, 0) is 32.1 Å². The number of hydrogen-bond acceptors (Lipinski definition) is 6. The van der Waals surface area contributed by atoms with Gasteiger partial charge in [0.1, 0.15) is 0 Å². The van der Waals surface area contributed by atoms with Crippen LogP contribution in [0.15, 0.2) is 97.5 Å². The highest BCUT2D eigenvalue weighted by Gasteiger charge is 2.39.